The summed E-state index contributed by atoms with van der Waals surface area (Å²) in [4.78, 5) is 12.4. The molecule has 0 radical (unpaired) electrons. The first-order chi connectivity index (χ1) is 25.5. The fraction of sp³-hybridized carbons (Fsp3) is 0.891. The van der Waals surface area contributed by atoms with E-state index >= 15 is 0 Å². The number of carbonyl (C=O) groups excluding carboxylic acids is 1. The Bertz CT molecular complexity index is 787. The molecule has 4 unspecified atom stereocenters. The van der Waals surface area contributed by atoms with Crippen molar-refractivity contribution in [3.05, 3.63) is 24.3 Å². The van der Waals surface area contributed by atoms with Gasteiger partial charge in [0.05, 0.1) is 18.8 Å². The van der Waals surface area contributed by atoms with Gasteiger partial charge >= 0.3 is 0 Å². The molecule has 0 aliphatic carbocycles. The molecular weight excluding hydrogens is 647 g/mol. The number of carbonyl (C=O) groups is 1. The highest BCUT2D eigenvalue weighted by Crippen LogP contribution is 2.16. The highest BCUT2D eigenvalue weighted by Gasteiger charge is 2.28. The van der Waals surface area contributed by atoms with Crippen LogP contribution in [0.1, 0.15) is 232 Å². The monoisotopic (exact) mass is 736 g/mol. The average molecular weight is 736 g/mol. The minimum Gasteiger partial charge on any atom is -0.394 e. The lowest BCUT2D eigenvalue weighted by atomic mass is 10.00. The van der Waals surface area contributed by atoms with Gasteiger partial charge in [0.1, 0.15) is 12.2 Å². The zero-order valence-electron chi connectivity index (χ0n) is 34.6. The Balaban J connectivity index is 3.62. The molecule has 0 rings (SSSR count). The van der Waals surface area contributed by atoms with E-state index in [1.54, 1.807) is 0 Å². The van der Waals surface area contributed by atoms with Crippen molar-refractivity contribution in [1.29, 1.82) is 0 Å². The van der Waals surface area contributed by atoms with E-state index in [-0.39, 0.29) is 6.42 Å². The molecule has 0 saturated heterocycles. The zero-order valence-corrected chi connectivity index (χ0v) is 34.6. The second-order valence-corrected chi connectivity index (χ2v) is 15.7. The molecular formula is C46H89NO5. The quantitative estimate of drug-likeness (QED) is 0.0317. The van der Waals surface area contributed by atoms with Gasteiger partial charge in [-0.05, 0) is 57.8 Å². The van der Waals surface area contributed by atoms with Gasteiger partial charge < -0.3 is 25.7 Å². The van der Waals surface area contributed by atoms with Crippen LogP contribution in [0, 0.1) is 0 Å². The Hall–Kier alpha value is -1.21. The predicted octanol–water partition coefficient (Wildman–Crippen LogP) is 12.0. The Kier molecular flexibility index (Phi) is 40.0. The van der Waals surface area contributed by atoms with Gasteiger partial charge in [-0.1, -0.05) is 199 Å². The van der Waals surface area contributed by atoms with Crippen LogP contribution >= 0.6 is 0 Å². The summed E-state index contributed by atoms with van der Waals surface area (Å²) in [6, 6.07) is -1.01. The van der Waals surface area contributed by atoms with Gasteiger partial charge in [-0.25, -0.2) is 0 Å². The van der Waals surface area contributed by atoms with E-state index in [4.69, 9.17) is 0 Å². The molecule has 308 valence electrons. The first-order valence-corrected chi connectivity index (χ1v) is 22.7. The molecule has 0 bridgehead atoms. The minimum atomic E-state index is -1.29. The fourth-order valence-corrected chi connectivity index (χ4v) is 6.99. The number of allylic oxidation sites excluding steroid dienone is 4. The highest BCUT2D eigenvalue weighted by atomic mass is 16.3. The van der Waals surface area contributed by atoms with Crippen molar-refractivity contribution in [2.24, 2.45) is 0 Å². The molecule has 0 aromatic rings. The summed E-state index contributed by atoms with van der Waals surface area (Å²) in [6.07, 6.45) is 47.0. The summed E-state index contributed by atoms with van der Waals surface area (Å²) >= 11 is 0. The molecule has 0 aromatic heterocycles. The van der Waals surface area contributed by atoms with Crippen molar-refractivity contribution >= 4 is 5.91 Å². The third-order valence-corrected chi connectivity index (χ3v) is 10.6. The van der Waals surface area contributed by atoms with Crippen LogP contribution in [0.25, 0.3) is 0 Å². The molecule has 5 N–H and O–H groups in total. The number of rotatable bonds is 41. The van der Waals surface area contributed by atoms with Crippen LogP contribution in [0.15, 0.2) is 24.3 Å². The fourth-order valence-electron chi connectivity index (χ4n) is 6.99. The molecule has 6 heteroatoms. The van der Waals surface area contributed by atoms with Crippen molar-refractivity contribution < 1.29 is 25.2 Å². The Labute approximate surface area is 323 Å². The van der Waals surface area contributed by atoms with Gasteiger partial charge in [0.2, 0.25) is 5.91 Å². The van der Waals surface area contributed by atoms with Crippen LogP contribution in [-0.2, 0) is 4.79 Å². The van der Waals surface area contributed by atoms with Gasteiger partial charge in [-0.3, -0.25) is 4.79 Å². The number of nitrogens with one attached hydrogen (secondary N) is 1. The maximum atomic E-state index is 12.4. The molecule has 0 spiro atoms. The zero-order chi connectivity index (χ0) is 38.2. The molecule has 1 amide bonds. The van der Waals surface area contributed by atoms with Crippen LogP contribution in [-0.4, -0.2) is 57.3 Å². The second-order valence-electron chi connectivity index (χ2n) is 15.7. The van der Waals surface area contributed by atoms with Crippen molar-refractivity contribution in [2.75, 3.05) is 6.61 Å². The number of unbranched alkanes of at least 4 members (excludes halogenated alkanes) is 28. The van der Waals surface area contributed by atoms with E-state index in [2.05, 4.69) is 37.4 Å². The Morgan fingerprint density at radius 1 is 0.462 bits per heavy atom. The van der Waals surface area contributed by atoms with E-state index in [1.807, 2.05) is 6.08 Å². The Morgan fingerprint density at radius 2 is 0.788 bits per heavy atom. The molecule has 0 aliphatic heterocycles. The molecule has 0 saturated carbocycles. The van der Waals surface area contributed by atoms with E-state index < -0.39 is 36.9 Å². The van der Waals surface area contributed by atoms with Crippen LogP contribution in [0.2, 0.25) is 0 Å². The standard InChI is InChI=1S/C46H89NO5/c1-3-5-7-9-11-13-14-15-16-17-18-19-20-21-22-23-24-25-26-27-28-29-30-31-32-34-35-37-39-43(49)45(51)42(41-48)47-46(52)44(50)40-38-36-33-12-10-8-6-4-2/h32-34,36,42-45,48-51H,3-31,35,37-41H2,1-2H3,(H,47,52)/b34-32+,36-33-. The third kappa shape index (κ3) is 34.6. The van der Waals surface area contributed by atoms with Crippen LogP contribution < -0.4 is 5.32 Å². The lowest BCUT2D eigenvalue weighted by Gasteiger charge is -2.27. The van der Waals surface area contributed by atoms with E-state index in [0.717, 1.165) is 25.7 Å². The summed E-state index contributed by atoms with van der Waals surface area (Å²) in [5.74, 6) is -0.629. The highest BCUT2D eigenvalue weighted by molar-refractivity contribution is 5.80. The molecule has 52 heavy (non-hydrogen) atoms. The van der Waals surface area contributed by atoms with Crippen LogP contribution in [0.3, 0.4) is 0 Å². The second kappa shape index (κ2) is 41.0. The SMILES string of the molecule is CCCCCC/C=C\CCC(O)C(=O)NC(CO)C(O)C(O)CCC/C=C/CCCCCCCCCCCCCCCCCCCCCCCCC. The van der Waals surface area contributed by atoms with Crippen molar-refractivity contribution in [1.82, 2.24) is 5.32 Å². The molecule has 0 aliphatic rings. The average Bonchev–Trinajstić information content (AvgIpc) is 3.15. The van der Waals surface area contributed by atoms with Gasteiger partial charge in [0, 0.05) is 0 Å². The summed E-state index contributed by atoms with van der Waals surface area (Å²) < 4.78 is 0. The van der Waals surface area contributed by atoms with E-state index in [1.165, 1.54) is 167 Å². The topological polar surface area (TPSA) is 110 Å². The smallest absolute Gasteiger partial charge is 0.249 e. The number of aliphatic hydroxyl groups is 4. The first-order valence-electron chi connectivity index (χ1n) is 22.7. The molecule has 0 aromatic carbocycles. The van der Waals surface area contributed by atoms with Gasteiger partial charge in [0.25, 0.3) is 0 Å². The Morgan fingerprint density at radius 3 is 1.17 bits per heavy atom. The number of aliphatic hydroxyl groups excluding tert-OH is 4. The summed E-state index contributed by atoms with van der Waals surface area (Å²) in [6.45, 7) is 3.97. The predicted molar refractivity (Wildman–Crippen MR) is 224 cm³/mol. The van der Waals surface area contributed by atoms with E-state index in [0.29, 0.717) is 19.3 Å². The van der Waals surface area contributed by atoms with Crippen LogP contribution in [0.4, 0.5) is 0 Å². The first kappa shape index (κ1) is 50.8. The van der Waals surface area contributed by atoms with Crippen molar-refractivity contribution in [3.8, 4) is 0 Å². The summed E-state index contributed by atoms with van der Waals surface area (Å²) in [5.41, 5.74) is 0. The van der Waals surface area contributed by atoms with Crippen molar-refractivity contribution in [2.45, 2.75) is 257 Å². The lowest BCUT2D eigenvalue weighted by Crippen LogP contribution is -2.53. The van der Waals surface area contributed by atoms with E-state index in [9.17, 15) is 25.2 Å². The maximum absolute atomic E-state index is 12.4. The van der Waals surface area contributed by atoms with Gasteiger partial charge in [-0.15, -0.1) is 0 Å². The third-order valence-electron chi connectivity index (χ3n) is 10.6. The van der Waals surface area contributed by atoms with Gasteiger partial charge in [-0.2, -0.15) is 0 Å². The summed E-state index contributed by atoms with van der Waals surface area (Å²) in [5, 5.41) is 43.3. The molecule has 0 fully saturated rings. The summed E-state index contributed by atoms with van der Waals surface area (Å²) in [7, 11) is 0. The number of hydrogen-bond donors (Lipinski definition) is 5. The van der Waals surface area contributed by atoms with Crippen molar-refractivity contribution in [3.63, 3.8) is 0 Å². The normalized spacial score (nSPS) is 14.3. The largest absolute Gasteiger partial charge is 0.394 e. The minimum absolute atomic E-state index is 0.278. The molecule has 0 heterocycles. The molecule has 4 atom stereocenters. The van der Waals surface area contributed by atoms with Crippen LogP contribution in [0.5, 0.6) is 0 Å². The molecule has 6 nitrogen and oxygen atoms in total. The maximum Gasteiger partial charge on any atom is 0.249 e. The number of amides is 1. The lowest BCUT2D eigenvalue weighted by molar-refractivity contribution is -0.132. The van der Waals surface area contributed by atoms with Gasteiger partial charge in [0.15, 0.2) is 0 Å². The number of hydrogen-bond acceptors (Lipinski definition) is 5.